The smallest absolute Gasteiger partial charge is 0.232 e. The predicted octanol–water partition coefficient (Wildman–Crippen LogP) is 3.54. The van der Waals surface area contributed by atoms with Crippen molar-refractivity contribution in [3.8, 4) is 11.5 Å². The van der Waals surface area contributed by atoms with Crippen LogP contribution < -0.4 is 19.1 Å². The summed E-state index contributed by atoms with van der Waals surface area (Å²) in [6.07, 6.45) is 1.65. The molecular weight excluding hydrogens is 404 g/mol. The van der Waals surface area contributed by atoms with Gasteiger partial charge in [0.15, 0.2) is 11.5 Å². The number of carbonyl (C=O) groups is 1. The highest BCUT2D eigenvalue weighted by atomic mass is 35.5. The first kappa shape index (κ1) is 21.8. The van der Waals surface area contributed by atoms with Crippen molar-refractivity contribution in [2.45, 2.75) is 12.8 Å². The van der Waals surface area contributed by atoms with Gasteiger partial charge in [-0.15, -0.1) is 0 Å². The number of nitrogens with one attached hydrogen (secondary N) is 1. The highest BCUT2D eigenvalue weighted by Crippen LogP contribution is 2.29. The molecule has 7 nitrogen and oxygen atoms in total. The number of rotatable bonds is 9. The number of sulfonamides is 1. The molecule has 1 amide bonds. The Morgan fingerprint density at radius 2 is 1.71 bits per heavy atom. The molecule has 0 radical (unpaired) electrons. The zero-order chi connectivity index (χ0) is 20.7. The quantitative estimate of drug-likeness (QED) is 0.662. The molecule has 0 saturated carbocycles. The summed E-state index contributed by atoms with van der Waals surface area (Å²) >= 11 is 5.86. The van der Waals surface area contributed by atoms with Crippen molar-refractivity contribution in [2.75, 3.05) is 36.6 Å². The molecule has 28 heavy (non-hydrogen) atoms. The summed E-state index contributed by atoms with van der Waals surface area (Å²) in [7, 11) is -0.430. The van der Waals surface area contributed by atoms with Crippen molar-refractivity contribution in [1.29, 1.82) is 0 Å². The van der Waals surface area contributed by atoms with Gasteiger partial charge in [-0.3, -0.25) is 9.10 Å². The van der Waals surface area contributed by atoms with Crippen molar-refractivity contribution in [1.82, 2.24) is 0 Å². The second-order valence-corrected chi connectivity index (χ2v) is 8.38. The lowest BCUT2D eigenvalue weighted by molar-refractivity contribution is -0.116. The minimum atomic E-state index is -3.48. The molecule has 9 heteroatoms. The van der Waals surface area contributed by atoms with E-state index in [1.54, 1.807) is 42.5 Å². The Bertz CT molecular complexity index is 916. The van der Waals surface area contributed by atoms with E-state index in [1.807, 2.05) is 0 Å². The summed E-state index contributed by atoms with van der Waals surface area (Å²) in [5, 5.41) is 3.29. The fourth-order valence-electron chi connectivity index (χ4n) is 2.61. The first-order valence-electron chi connectivity index (χ1n) is 8.49. The number of halogens is 1. The lowest BCUT2D eigenvalue weighted by Gasteiger charge is -2.22. The van der Waals surface area contributed by atoms with E-state index in [2.05, 4.69) is 5.32 Å². The molecular formula is C19H23ClN2O5S. The Balaban J connectivity index is 1.96. The van der Waals surface area contributed by atoms with Crippen LogP contribution in [0.15, 0.2) is 42.5 Å². The van der Waals surface area contributed by atoms with Gasteiger partial charge in [0, 0.05) is 29.7 Å². The summed E-state index contributed by atoms with van der Waals surface area (Å²) in [6.45, 7) is 0.180. The van der Waals surface area contributed by atoms with Crippen molar-refractivity contribution >= 4 is 38.9 Å². The summed E-state index contributed by atoms with van der Waals surface area (Å²) in [5.41, 5.74) is 1.08. The van der Waals surface area contributed by atoms with E-state index < -0.39 is 10.0 Å². The fourth-order valence-corrected chi connectivity index (χ4v) is 3.71. The maximum atomic E-state index is 12.2. The highest BCUT2D eigenvalue weighted by molar-refractivity contribution is 7.92. The fraction of sp³-hybridized carbons (Fsp3) is 0.316. The molecule has 2 rings (SSSR count). The third-order valence-corrected chi connectivity index (χ3v) is 5.39. The molecule has 0 saturated heterocycles. The third-order valence-electron chi connectivity index (χ3n) is 3.95. The molecule has 2 aromatic carbocycles. The maximum absolute atomic E-state index is 12.2. The van der Waals surface area contributed by atoms with Crippen LogP contribution in [0, 0.1) is 0 Å². The van der Waals surface area contributed by atoms with Gasteiger partial charge in [0.05, 0.1) is 26.2 Å². The van der Waals surface area contributed by atoms with Gasteiger partial charge in [-0.2, -0.15) is 0 Å². The Labute approximate surface area is 170 Å². The van der Waals surface area contributed by atoms with Crippen molar-refractivity contribution in [3.05, 3.63) is 47.5 Å². The number of methoxy groups -OCH3 is 2. The van der Waals surface area contributed by atoms with E-state index >= 15 is 0 Å². The van der Waals surface area contributed by atoms with Gasteiger partial charge >= 0.3 is 0 Å². The van der Waals surface area contributed by atoms with Crippen molar-refractivity contribution in [3.63, 3.8) is 0 Å². The molecule has 0 aliphatic rings. The highest BCUT2D eigenvalue weighted by Gasteiger charge is 2.17. The largest absolute Gasteiger partial charge is 0.493 e. The van der Waals surface area contributed by atoms with Crippen LogP contribution >= 0.6 is 11.6 Å². The van der Waals surface area contributed by atoms with Gasteiger partial charge in [-0.1, -0.05) is 11.6 Å². The number of ether oxygens (including phenoxy) is 2. The molecule has 0 unspecified atom stereocenters. The van der Waals surface area contributed by atoms with Gasteiger partial charge in [0.2, 0.25) is 15.9 Å². The van der Waals surface area contributed by atoms with E-state index in [9.17, 15) is 13.2 Å². The van der Waals surface area contributed by atoms with E-state index in [0.717, 1.165) is 6.26 Å². The number of anilines is 2. The standard InChI is InChI=1S/C19H23ClN2O5S/c1-26-17-11-8-15(13-18(17)27-2)21-19(23)5-4-12-22(28(3,24)25)16-9-6-14(20)7-10-16/h6-11,13H,4-5,12H2,1-3H3,(H,21,23). The first-order valence-corrected chi connectivity index (χ1v) is 10.7. The second kappa shape index (κ2) is 9.66. The average Bonchev–Trinajstić information content (AvgIpc) is 2.65. The van der Waals surface area contributed by atoms with Crippen LogP contribution in [0.25, 0.3) is 0 Å². The molecule has 2 aromatic rings. The molecule has 0 bridgehead atoms. The van der Waals surface area contributed by atoms with Crippen LogP contribution in [-0.2, 0) is 14.8 Å². The second-order valence-electron chi connectivity index (χ2n) is 6.03. The molecule has 0 heterocycles. The lowest BCUT2D eigenvalue weighted by atomic mass is 10.2. The molecule has 0 aliphatic heterocycles. The molecule has 0 fully saturated rings. The monoisotopic (exact) mass is 426 g/mol. The molecule has 1 N–H and O–H groups in total. The SMILES string of the molecule is COc1ccc(NC(=O)CCCN(c2ccc(Cl)cc2)S(C)(=O)=O)cc1OC. The molecule has 0 aliphatic carbocycles. The van der Waals surface area contributed by atoms with E-state index in [0.29, 0.717) is 34.3 Å². The third kappa shape index (κ3) is 6.03. The zero-order valence-electron chi connectivity index (χ0n) is 15.9. The summed E-state index contributed by atoms with van der Waals surface area (Å²) in [6, 6.07) is 11.6. The maximum Gasteiger partial charge on any atom is 0.232 e. The van der Waals surface area contributed by atoms with Gasteiger partial charge in [0.1, 0.15) is 0 Å². The molecule has 0 spiro atoms. The molecule has 0 aromatic heterocycles. The van der Waals surface area contributed by atoms with Crippen LogP contribution in [0.4, 0.5) is 11.4 Å². The topological polar surface area (TPSA) is 84.9 Å². The minimum absolute atomic E-state index is 0.161. The minimum Gasteiger partial charge on any atom is -0.493 e. The summed E-state index contributed by atoms with van der Waals surface area (Å²) in [5.74, 6) is 0.843. The van der Waals surface area contributed by atoms with Crippen LogP contribution in [0.1, 0.15) is 12.8 Å². The Kier molecular flexibility index (Phi) is 7.53. The van der Waals surface area contributed by atoms with E-state index in [4.69, 9.17) is 21.1 Å². The molecule has 0 atom stereocenters. The van der Waals surface area contributed by atoms with Gasteiger partial charge < -0.3 is 14.8 Å². The van der Waals surface area contributed by atoms with E-state index in [1.165, 1.54) is 18.5 Å². The normalized spacial score (nSPS) is 11.0. The number of amides is 1. The van der Waals surface area contributed by atoms with Crippen molar-refractivity contribution in [2.24, 2.45) is 0 Å². The van der Waals surface area contributed by atoms with Crippen LogP contribution in [-0.4, -0.2) is 41.3 Å². The number of benzene rings is 2. The Morgan fingerprint density at radius 1 is 1.07 bits per heavy atom. The molecule has 152 valence electrons. The van der Waals surface area contributed by atoms with Gasteiger partial charge in [-0.25, -0.2) is 8.42 Å². The Morgan fingerprint density at radius 3 is 2.29 bits per heavy atom. The van der Waals surface area contributed by atoms with Crippen molar-refractivity contribution < 1.29 is 22.7 Å². The van der Waals surface area contributed by atoms with Crippen LogP contribution in [0.3, 0.4) is 0 Å². The lowest BCUT2D eigenvalue weighted by Crippen LogP contribution is -2.31. The zero-order valence-corrected chi connectivity index (χ0v) is 17.5. The predicted molar refractivity (Wildman–Crippen MR) is 111 cm³/mol. The number of hydrogen-bond donors (Lipinski definition) is 1. The Hall–Kier alpha value is -2.45. The van der Waals surface area contributed by atoms with Gasteiger partial charge in [0.25, 0.3) is 0 Å². The van der Waals surface area contributed by atoms with E-state index in [-0.39, 0.29) is 18.9 Å². The summed E-state index contributed by atoms with van der Waals surface area (Å²) < 4.78 is 35.8. The van der Waals surface area contributed by atoms with Crippen LogP contribution in [0.2, 0.25) is 5.02 Å². The number of nitrogens with zero attached hydrogens (tertiary/aromatic N) is 1. The number of carbonyl (C=O) groups excluding carboxylic acids is 1. The average molecular weight is 427 g/mol. The summed E-state index contributed by atoms with van der Waals surface area (Å²) in [4.78, 5) is 12.2. The van der Waals surface area contributed by atoms with Crippen LogP contribution in [0.5, 0.6) is 11.5 Å². The number of hydrogen-bond acceptors (Lipinski definition) is 5. The first-order chi connectivity index (χ1) is 13.2. The van der Waals surface area contributed by atoms with Gasteiger partial charge in [-0.05, 0) is 42.8 Å².